The molecule has 202 valence electrons. The van der Waals surface area contributed by atoms with E-state index in [0.29, 0.717) is 57.0 Å². The molecule has 0 bridgehead atoms. The largest absolute Gasteiger partial charge is 0.477 e. The number of aryl methyl sites for hydroxylation is 1. The number of aromatic amines is 1. The number of methoxy groups -OCH3 is 1. The monoisotopic (exact) mass is 535 g/mol. The van der Waals surface area contributed by atoms with Gasteiger partial charge in [-0.25, -0.2) is 18.4 Å². The Morgan fingerprint density at radius 1 is 1.08 bits per heavy atom. The summed E-state index contributed by atoms with van der Waals surface area (Å²) < 4.78 is 39.0. The number of piperazine rings is 1. The van der Waals surface area contributed by atoms with Crippen LogP contribution in [0.4, 0.5) is 0 Å². The van der Waals surface area contributed by atoms with Crippen LogP contribution in [0.5, 0.6) is 5.88 Å². The smallest absolute Gasteiger partial charge is 0.279 e. The summed E-state index contributed by atoms with van der Waals surface area (Å²) in [6.45, 7) is 9.61. The summed E-state index contributed by atoms with van der Waals surface area (Å²) in [6, 6.07) is 1.45. The van der Waals surface area contributed by atoms with E-state index in [1.807, 2.05) is 6.92 Å². The van der Waals surface area contributed by atoms with E-state index < -0.39 is 15.6 Å². The maximum atomic E-state index is 13.4. The average Bonchev–Trinajstić information content (AvgIpc) is 3.27. The van der Waals surface area contributed by atoms with Crippen molar-refractivity contribution in [1.82, 2.24) is 34.1 Å². The summed E-state index contributed by atoms with van der Waals surface area (Å²) >= 11 is 0. The Bertz CT molecular complexity index is 1400. The first-order chi connectivity index (χ1) is 17.8. The van der Waals surface area contributed by atoms with E-state index in [4.69, 9.17) is 14.3 Å². The Kier molecular flexibility index (Phi) is 8.42. The van der Waals surface area contributed by atoms with Crippen molar-refractivity contribution in [3.05, 3.63) is 28.3 Å². The molecule has 0 atom stereocenters. The molecule has 0 saturated carbocycles. The Labute approximate surface area is 215 Å². The number of sulfonamides is 1. The van der Waals surface area contributed by atoms with Crippen LogP contribution in [-0.4, -0.2) is 102 Å². The predicted octanol–water partition coefficient (Wildman–Crippen LogP) is 0.544. The van der Waals surface area contributed by atoms with Gasteiger partial charge in [0.25, 0.3) is 5.56 Å². The van der Waals surface area contributed by atoms with E-state index in [1.54, 1.807) is 14.0 Å². The first-order valence-electron chi connectivity index (χ1n) is 12.3. The van der Waals surface area contributed by atoms with Crippen LogP contribution in [0.25, 0.3) is 22.4 Å². The second kappa shape index (κ2) is 11.5. The Balaban J connectivity index is 1.78. The molecule has 1 fully saturated rings. The van der Waals surface area contributed by atoms with Gasteiger partial charge >= 0.3 is 0 Å². The van der Waals surface area contributed by atoms with E-state index >= 15 is 0 Å². The van der Waals surface area contributed by atoms with Crippen molar-refractivity contribution < 1.29 is 22.7 Å². The normalized spacial score (nSPS) is 15.4. The van der Waals surface area contributed by atoms with Crippen molar-refractivity contribution in [2.45, 2.75) is 32.1 Å². The predicted molar refractivity (Wildman–Crippen MR) is 136 cm³/mol. The van der Waals surface area contributed by atoms with Crippen LogP contribution in [0.1, 0.15) is 26.5 Å². The van der Waals surface area contributed by atoms with Gasteiger partial charge in [-0.1, -0.05) is 13.8 Å². The Morgan fingerprint density at radius 3 is 2.49 bits per heavy atom. The summed E-state index contributed by atoms with van der Waals surface area (Å²) in [5.41, 5.74) is 0.841. The van der Waals surface area contributed by atoms with E-state index in [2.05, 4.69) is 31.9 Å². The second-order valence-electron chi connectivity index (χ2n) is 8.41. The third kappa shape index (κ3) is 5.46. The van der Waals surface area contributed by atoms with Gasteiger partial charge in [-0.05, 0) is 26.0 Å². The number of nitrogens with one attached hydrogen (secondary N) is 1. The van der Waals surface area contributed by atoms with Crippen molar-refractivity contribution >= 4 is 21.1 Å². The minimum absolute atomic E-state index is 0.00737. The van der Waals surface area contributed by atoms with Crippen LogP contribution in [0.2, 0.25) is 0 Å². The quantitative estimate of drug-likeness (QED) is 0.345. The zero-order valence-electron chi connectivity index (χ0n) is 21.6. The molecule has 1 saturated heterocycles. The average molecular weight is 536 g/mol. The van der Waals surface area contributed by atoms with Crippen LogP contribution in [0.15, 0.2) is 22.0 Å². The van der Waals surface area contributed by atoms with Crippen molar-refractivity contribution in [2.75, 3.05) is 59.7 Å². The minimum Gasteiger partial charge on any atom is -0.477 e. The molecule has 4 heterocycles. The summed E-state index contributed by atoms with van der Waals surface area (Å²) in [6.07, 6.45) is 1.78. The molecule has 1 aliphatic heterocycles. The topological polar surface area (TPSA) is 145 Å². The fourth-order valence-electron chi connectivity index (χ4n) is 4.18. The van der Waals surface area contributed by atoms with Crippen LogP contribution in [0.3, 0.4) is 0 Å². The lowest BCUT2D eigenvalue weighted by molar-refractivity contribution is 0.0368. The van der Waals surface area contributed by atoms with Gasteiger partial charge in [-0.15, -0.1) is 9.94 Å². The molecule has 0 aromatic carbocycles. The second-order valence-corrected chi connectivity index (χ2v) is 10.3. The SMILES string of the molecule is CCOc1ncc(S(=O)(=O)N2CCN(CC)CC2)cc1-c1nc2c(CC)n(OCCOC)nc2c(=O)[nH]1. The number of H-pyrrole nitrogens is 1. The maximum absolute atomic E-state index is 13.4. The number of hydrogen-bond donors (Lipinski definition) is 1. The van der Waals surface area contributed by atoms with E-state index in [0.717, 1.165) is 6.54 Å². The Morgan fingerprint density at radius 2 is 1.84 bits per heavy atom. The Hall–Kier alpha value is -3.07. The summed E-state index contributed by atoms with van der Waals surface area (Å²) in [7, 11) is -2.25. The molecule has 3 aromatic rings. The summed E-state index contributed by atoms with van der Waals surface area (Å²) in [5, 5.41) is 4.26. The molecule has 13 nitrogen and oxygen atoms in total. The van der Waals surface area contributed by atoms with Gasteiger partial charge < -0.3 is 24.2 Å². The lowest BCUT2D eigenvalue weighted by Gasteiger charge is -2.33. The lowest BCUT2D eigenvalue weighted by Crippen LogP contribution is -2.48. The van der Waals surface area contributed by atoms with Crippen LogP contribution < -0.4 is 15.1 Å². The highest BCUT2D eigenvalue weighted by atomic mass is 32.2. The molecule has 0 unspecified atom stereocenters. The van der Waals surface area contributed by atoms with E-state index in [1.165, 1.54) is 21.4 Å². The highest BCUT2D eigenvalue weighted by Gasteiger charge is 2.30. The lowest BCUT2D eigenvalue weighted by atomic mass is 10.2. The fraction of sp³-hybridized carbons (Fsp3) is 0.565. The molecule has 1 N–H and O–H groups in total. The molecule has 14 heteroatoms. The molecule has 0 spiro atoms. The number of fused-ring (bicyclic) bond motifs is 1. The van der Waals surface area contributed by atoms with Gasteiger partial charge in [-0.2, -0.15) is 4.31 Å². The fourth-order valence-corrected chi connectivity index (χ4v) is 5.57. The van der Waals surface area contributed by atoms with E-state index in [-0.39, 0.29) is 34.3 Å². The third-order valence-electron chi connectivity index (χ3n) is 6.20. The number of pyridine rings is 1. The van der Waals surface area contributed by atoms with Crippen LogP contribution in [0, 0.1) is 0 Å². The molecule has 0 radical (unpaired) electrons. The summed E-state index contributed by atoms with van der Waals surface area (Å²) in [4.78, 5) is 33.7. The highest BCUT2D eigenvalue weighted by molar-refractivity contribution is 7.89. The molecule has 37 heavy (non-hydrogen) atoms. The number of nitrogens with zero attached hydrogens (tertiary/aromatic N) is 6. The zero-order valence-corrected chi connectivity index (χ0v) is 22.4. The maximum Gasteiger partial charge on any atom is 0.279 e. The van der Waals surface area contributed by atoms with E-state index in [9.17, 15) is 13.2 Å². The van der Waals surface area contributed by atoms with Gasteiger partial charge in [0.1, 0.15) is 28.5 Å². The zero-order chi connectivity index (χ0) is 26.6. The van der Waals surface area contributed by atoms with Gasteiger partial charge in [0.15, 0.2) is 5.52 Å². The molecule has 0 aliphatic carbocycles. The molecule has 4 rings (SSSR count). The molecule has 1 aliphatic rings. The van der Waals surface area contributed by atoms with Crippen molar-refractivity contribution in [1.29, 1.82) is 0 Å². The minimum atomic E-state index is -3.81. The summed E-state index contributed by atoms with van der Waals surface area (Å²) in [5.74, 6) is 0.300. The first-order valence-corrected chi connectivity index (χ1v) is 13.8. The standard InChI is InChI=1S/C23H33N7O6S/c1-5-18-19-20(27-30(18)36-13-12-34-4)22(31)26-21(25-19)17-14-16(15-24-23(17)35-7-3)37(32,33)29-10-8-28(6-2)9-11-29/h14-15H,5-13H2,1-4H3,(H,25,26,31). The van der Waals surface area contributed by atoms with Gasteiger partial charge in [0.2, 0.25) is 15.9 Å². The number of hydrogen-bond acceptors (Lipinski definition) is 10. The highest BCUT2D eigenvalue weighted by Crippen LogP contribution is 2.30. The van der Waals surface area contributed by atoms with Crippen LogP contribution in [-0.2, 0) is 21.2 Å². The molecule has 3 aromatic heterocycles. The number of likely N-dealkylation sites (N-methyl/N-ethyl adjacent to an activating group) is 1. The van der Waals surface area contributed by atoms with Crippen molar-refractivity contribution in [3.8, 4) is 17.3 Å². The number of rotatable bonds is 11. The van der Waals surface area contributed by atoms with Crippen molar-refractivity contribution in [3.63, 3.8) is 0 Å². The molecular formula is C23H33N7O6S. The third-order valence-corrected chi connectivity index (χ3v) is 8.07. The van der Waals surface area contributed by atoms with Gasteiger partial charge in [0.05, 0.1) is 25.0 Å². The van der Waals surface area contributed by atoms with Gasteiger partial charge in [-0.3, -0.25) is 4.79 Å². The first kappa shape index (κ1) is 27.0. The van der Waals surface area contributed by atoms with Crippen molar-refractivity contribution in [2.24, 2.45) is 0 Å². The molecule has 0 amide bonds. The number of ether oxygens (including phenoxy) is 2. The van der Waals surface area contributed by atoms with Crippen LogP contribution >= 0.6 is 0 Å². The molecular weight excluding hydrogens is 502 g/mol. The van der Waals surface area contributed by atoms with Gasteiger partial charge in [0, 0.05) is 33.3 Å². The number of aromatic nitrogens is 5.